The van der Waals surface area contributed by atoms with Gasteiger partial charge in [-0.15, -0.1) is 0 Å². The predicted octanol–water partition coefficient (Wildman–Crippen LogP) is 3.24. The second-order valence-electron chi connectivity index (χ2n) is 7.45. The van der Waals surface area contributed by atoms with Crippen LogP contribution in [0.25, 0.3) is 0 Å². The minimum absolute atomic E-state index is 0.269. The van der Waals surface area contributed by atoms with E-state index < -0.39 is 6.10 Å². The molecule has 150 valence electrons. The van der Waals surface area contributed by atoms with Gasteiger partial charge in [0.25, 0.3) is 0 Å². The fourth-order valence-corrected chi connectivity index (χ4v) is 3.53. The molecule has 1 aliphatic rings. The molecule has 0 radical (unpaired) electrons. The lowest BCUT2D eigenvalue weighted by Gasteiger charge is -2.21. The highest BCUT2D eigenvalue weighted by Crippen LogP contribution is 2.17. The first-order valence-electron chi connectivity index (χ1n) is 10.0. The molecular weight excluding hydrogens is 352 g/mol. The Morgan fingerprint density at radius 1 is 1.14 bits per heavy atom. The molecule has 1 aliphatic heterocycles. The zero-order valence-electron chi connectivity index (χ0n) is 16.6. The van der Waals surface area contributed by atoms with Crippen LogP contribution in [0, 0.1) is 0 Å². The van der Waals surface area contributed by atoms with Gasteiger partial charge < -0.3 is 14.7 Å². The molecule has 1 heterocycles. The van der Waals surface area contributed by atoms with Gasteiger partial charge in [-0.25, -0.2) is 0 Å². The van der Waals surface area contributed by atoms with Gasteiger partial charge >= 0.3 is 0 Å². The summed E-state index contributed by atoms with van der Waals surface area (Å²) >= 11 is 0. The van der Waals surface area contributed by atoms with Crippen LogP contribution in [0.3, 0.4) is 0 Å². The highest BCUT2D eigenvalue weighted by molar-refractivity contribution is 5.77. The summed E-state index contributed by atoms with van der Waals surface area (Å²) < 4.78 is 5.79. The van der Waals surface area contributed by atoms with Gasteiger partial charge in [-0.2, -0.15) is 0 Å². The minimum Gasteiger partial charge on any atom is -0.494 e. The Balaban J connectivity index is 1.38. The summed E-state index contributed by atoms with van der Waals surface area (Å²) in [6.07, 6.45) is 2.04. The number of aliphatic hydroxyl groups is 1. The van der Waals surface area contributed by atoms with E-state index in [0.29, 0.717) is 19.6 Å². The lowest BCUT2D eigenvalue weighted by molar-refractivity contribution is -0.127. The van der Waals surface area contributed by atoms with Gasteiger partial charge in [0.15, 0.2) is 0 Å². The number of nitrogens with zero attached hydrogens (tertiary/aromatic N) is 2. The summed E-state index contributed by atoms with van der Waals surface area (Å²) in [7, 11) is 2.01. The van der Waals surface area contributed by atoms with Gasteiger partial charge in [-0.3, -0.25) is 9.69 Å². The topological polar surface area (TPSA) is 53.0 Å². The molecule has 1 amide bonds. The molecule has 0 aromatic heterocycles. The average molecular weight is 383 g/mol. The van der Waals surface area contributed by atoms with E-state index in [1.165, 1.54) is 5.56 Å². The lowest BCUT2D eigenvalue weighted by atomic mass is 10.1. The number of carbonyl (C=O) groups is 1. The van der Waals surface area contributed by atoms with Crippen LogP contribution >= 0.6 is 0 Å². The molecule has 1 fully saturated rings. The Hall–Kier alpha value is -2.37. The summed E-state index contributed by atoms with van der Waals surface area (Å²) in [5.41, 5.74) is 2.12. The summed E-state index contributed by atoms with van der Waals surface area (Å²) in [5, 5.41) is 10.3. The van der Waals surface area contributed by atoms with Crippen LogP contribution in [0.1, 0.15) is 36.5 Å². The third-order valence-corrected chi connectivity index (χ3v) is 5.06. The molecular formula is C23H30N2O3. The largest absolute Gasteiger partial charge is 0.494 e. The zero-order valence-corrected chi connectivity index (χ0v) is 16.6. The number of aliphatic hydroxyl groups excluding tert-OH is 1. The molecule has 1 atom stereocenters. The first kappa shape index (κ1) is 20.4. The lowest BCUT2D eigenvalue weighted by Crippen LogP contribution is -2.26. The number of benzene rings is 2. The quantitative estimate of drug-likeness (QED) is 0.641. The third kappa shape index (κ3) is 6.08. The maximum Gasteiger partial charge on any atom is 0.222 e. The van der Waals surface area contributed by atoms with E-state index in [1.807, 2.05) is 54.4 Å². The third-order valence-electron chi connectivity index (χ3n) is 5.06. The van der Waals surface area contributed by atoms with E-state index in [2.05, 4.69) is 17.0 Å². The molecule has 5 nitrogen and oxygen atoms in total. The molecule has 28 heavy (non-hydrogen) atoms. The molecule has 0 saturated carbocycles. The van der Waals surface area contributed by atoms with Crippen molar-refractivity contribution in [3.05, 3.63) is 65.7 Å². The van der Waals surface area contributed by atoms with Crippen LogP contribution in [0.15, 0.2) is 54.6 Å². The minimum atomic E-state index is -0.490. The maximum atomic E-state index is 11.6. The van der Waals surface area contributed by atoms with Crippen molar-refractivity contribution < 1.29 is 14.6 Å². The number of likely N-dealkylation sites (tertiary alicyclic amines) is 1. The van der Waals surface area contributed by atoms with Crippen molar-refractivity contribution in [1.82, 2.24) is 9.80 Å². The number of rotatable bonds is 10. The number of hydrogen-bond donors (Lipinski definition) is 1. The Bertz CT molecular complexity index is 733. The molecule has 2 aromatic rings. The van der Waals surface area contributed by atoms with E-state index in [0.717, 1.165) is 43.8 Å². The summed E-state index contributed by atoms with van der Waals surface area (Å²) in [6.45, 7) is 3.64. The molecule has 3 rings (SSSR count). The normalized spacial score (nSPS) is 15.2. The monoisotopic (exact) mass is 382 g/mol. The first-order chi connectivity index (χ1) is 13.6. The van der Waals surface area contributed by atoms with Crippen LogP contribution in [-0.2, 0) is 11.3 Å². The summed E-state index contributed by atoms with van der Waals surface area (Å²) in [4.78, 5) is 15.6. The highest BCUT2D eigenvalue weighted by atomic mass is 16.5. The van der Waals surface area contributed by atoms with Gasteiger partial charge in [0.2, 0.25) is 5.91 Å². The molecule has 0 bridgehead atoms. The fraction of sp³-hybridized carbons (Fsp3) is 0.435. The summed E-state index contributed by atoms with van der Waals surface area (Å²) in [6, 6.07) is 17.8. The van der Waals surface area contributed by atoms with E-state index in [9.17, 15) is 9.90 Å². The van der Waals surface area contributed by atoms with Crippen LogP contribution < -0.4 is 4.74 Å². The molecule has 5 heteroatoms. The molecule has 0 spiro atoms. The predicted molar refractivity (Wildman–Crippen MR) is 110 cm³/mol. The number of likely N-dealkylation sites (N-methyl/N-ethyl adjacent to an activating group) is 1. The second kappa shape index (κ2) is 10.2. The zero-order chi connectivity index (χ0) is 19.8. The van der Waals surface area contributed by atoms with Crippen molar-refractivity contribution in [2.24, 2.45) is 0 Å². The smallest absolute Gasteiger partial charge is 0.222 e. The van der Waals surface area contributed by atoms with Crippen molar-refractivity contribution in [2.75, 3.05) is 33.3 Å². The SMILES string of the molecule is CN(Cc1ccc(OCCCN2CCCC2=O)cc1)C[C@H](O)c1ccccc1. The Morgan fingerprint density at radius 3 is 2.57 bits per heavy atom. The van der Waals surface area contributed by atoms with Crippen molar-refractivity contribution in [2.45, 2.75) is 31.9 Å². The Morgan fingerprint density at radius 2 is 1.89 bits per heavy atom. The molecule has 0 aliphatic carbocycles. The molecule has 2 aromatic carbocycles. The number of ether oxygens (including phenoxy) is 1. The van der Waals surface area contributed by atoms with E-state index in [-0.39, 0.29) is 5.91 Å². The Labute approximate surface area is 167 Å². The van der Waals surface area contributed by atoms with Gasteiger partial charge in [0.05, 0.1) is 12.7 Å². The van der Waals surface area contributed by atoms with Crippen LogP contribution in [0.4, 0.5) is 0 Å². The van der Waals surface area contributed by atoms with Crippen LogP contribution in [0.2, 0.25) is 0 Å². The molecule has 0 unspecified atom stereocenters. The standard InChI is InChI=1S/C23H30N2O3/c1-24(18-22(26)20-7-3-2-4-8-20)17-19-10-12-21(13-11-19)28-16-6-15-25-14-5-9-23(25)27/h2-4,7-8,10-13,22,26H,5-6,9,14-18H2,1H3/t22-/m0/s1. The van der Waals surface area contributed by atoms with Crippen LogP contribution in [0.5, 0.6) is 5.75 Å². The number of hydrogen-bond acceptors (Lipinski definition) is 4. The first-order valence-corrected chi connectivity index (χ1v) is 10.0. The Kier molecular flexibility index (Phi) is 7.46. The van der Waals surface area contributed by atoms with Crippen LogP contribution in [-0.4, -0.2) is 54.1 Å². The van der Waals surface area contributed by atoms with Gasteiger partial charge in [0.1, 0.15) is 5.75 Å². The van der Waals surface area contributed by atoms with Crippen molar-refractivity contribution >= 4 is 5.91 Å². The van der Waals surface area contributed by atoms with Gasteiger partial charge in [-0.05, 0) is 43.1 Å². The van der Waals surface area contributed by atoms with Gasteiger partial charge in [0, 0.05) is 32.6 Å². The number of amides is 1. The van der Waals surface area contributed by atoms with Gasteiger partial charge in [-0.1, -0.05) is 42.5 Å². The maximum absolute atomic E-state index is 11.6. The fourth-order valence-electron chi connectivity index (χ4n) is 3.53. The van der Waals surface area contributed by atoms with E-state index in [1.54, 1.807) is 0 Å². The summed E-state index contributed by atoms with van der Waals surface area (Å²) in [5.74, 6) is 1.12. The van der Waals surface area contributed by atoms with E-state index >= 15 is 0 Å². The average Bonchev–Trinajstić information content (AvgIpc) is 3.12. The highest BCUT2D eigenvalue weighted by Gasteiger charge is 2.19. The molecule has 1 saturated heterocycles. The van der Waals surface area contributed by atoms with E-state index in [4.69, 9.17) is 4.74 Å². The number of carbonyl (C=O) groups excluding carboxylic acids is 1. The molecule has 1 N–H and O–H groups in total. The van der Waals surface area contributed by atoms with Crippen molar-refractivity contribution in [3.8, 4) is 5.75 Å². The van der Waals surface area contributed by atoms with Crippen molar-refractivity contribution in [3.63, 3.8) is 0 Å². The second-order valence-corrected chi connectivity index (χ2v) is 7.45. The van der Waals surface area contributed by atoms with Crippen molar-refractivity contribution in [1.29, 1.82) is 0 Å².